The summed E-state index contributed by atoms with van der Waals surface area (Å²) in [5.74, 6) is -3.92. The van der Waals surface area contributed by atoms with Crippen molar-refractivity contribution >= 4 is 46.4 Å². The van der Waals surface area contributed by atoms with E-state index in [0.717, 1.165) is 5.56 Å². The second-order valence-corrected chi connectivity index (χ2v) is 12.3. The predicted octanol–water partition coefficient (Wildman–Crippen LogP) is -1.92. The number of amides is 4. The zero-order chi connectivity index (χ0) is 33.2. The van der Waals surface area contributed by atoms with Crippen molar-refractivity contribution in [3.8, 4) is 0 Å². The van der Waals surface area contributed by atoms with E-state index in [1.165, 1.54) is 6.26 Å². The van der Waals surface area contributed by atoms with E-state index in [1.807, 2.05) is 19.9 Å². The van der Waals surface area contributed by atoms with Crippen LogP contribution in [0.25, 0.3) is 0 Å². The molecule has 246 valence electrons. The second-order valence-electron chi connectivity index (χ2n) is 10.7. The highest BCUT2D eigenvalue weighted by atomic mass is 32.2. The Balaban J connectivity index is 2.91. The van der Waals surface area contributed by atoms with Crippen molar-refractivity contribution < 1.29 is 33.3 Å². The Bertz CT molecular complexity index is 1160. The number of nitrogens with zero attached hydrogens (tertiary/aromatic N) is 1. The fraction of sp³-hybridized carbons (Fsp3) is 0.571. The molecule has 5 atom stereocenters. The summed E-state index contributed by atoms with van der Waals surface area (Å²) in [6, 6.07) is 4.60. The molecule has 1 aromatic carbocycles. The molecule has 5 unspecified atom stereocenters. The molecule has 0 saturated carbocycles. The minimum atomic E-state index is -1.31. The molecule has 0 aromatic heterocycles. The number of guanidine groups is 1. The summed E-state index contributed by atoms with van der Waals surface area (Å²) in [6.07, 6.45) is 2.22. The van der Waals surface area contributed by atoms with E-state index in [4.69, 9.17) is 17.2 Å². The van der Waals surface area contributed by atoms with E-state index in [2.05, 4.69) is 26.3 Å². The molecule has 0 aliphatic rings. The molecule has 0 heterocycles. The monoisotopic (exact) mass is 638 g/mol. The van der Waals surface area contributed by atoms with E-state index in [9.17, 15) is 33.3 Å². The first-order valence-electron chi connectivity index (χ1n) is 14.2. The van der Waals surface area contributed by atoms with Crippen molar-refractivity contribution in [3.05, 3.63) is 35.9 Å². The molecule has 11 N–H and O–H groups in total. The van der Waals surface area contributed by atoms with Crippen molar-refractivity contribution in [1.29, 1.82) is 0 Å². The number of carboxylic acid groups (broad SMARTS) is 1. The number of hydrogen-bond acceptors (Lipinski definition) is 8. The fourth-order valence-electron chi connectivity index (χ4n) is 4.07. The van der Waals surface area contributed by atoms with Gasteiger partial charge < -0.3 is 43.6 Å². The van der Waals surface area contributed by atoms with Crippen molar-refractivity contribution in [1.82, 2.24) is 21.3 Å². The van der Waals surface area contributed by atoms with Crippen LogP contribution in [0.4, 0.5) is 0 Å². The first-order chi connectivity index (χ1) is 20.7. The van der Waals surface area contributed by atoms with Gasteiger partial charge in [0.05, 0.1) is 12.6 Å². The molecule has 4 amide bonds. The first-order valence-corrected chi connectivity index (χ1v) is 16.0. The Morgan fingerprint density at radius 1 is 0.909 bits per heavy atom. The van der Waals surface area contributed by atoms with Crippen molar-refractivity contribution in [2.75, 3.05) is 25.1 Å². The first kappa shape index (κ1) is 38.0. The number of carbonyl (C=O) groups is 5. The second kappa shape index (κ2) is 20.0. The topological polar surface area (TPSA) is 261 Å². The van der Waals surface area contributed by atoms with E-state index in [1.54, 1.807) is 24.3 Å². The van der Waals surface area contributed by atoms with Gasteiger partial charge in [-0.15, -0.1) is 0 Å². The minimum Gasteiger partial charge on any atom is -0.480 e. The van der Waals surface area contributed by atoms with E-state index in [-0.39, 0.29) is 49.9 Å². The smallest absolute Gasteiger partial charge is 0.326 e. The largest absolute Gasteiger partial charge is 0.480 e. The lowest BCUT2D eigenvalue weighted by Gasteiger charge is -2.23. The number of nitrogens with two attached hydrogens (primary N) is 3. The van der Waals surface area contributed by atoms with Gasteiger partial charge in [0.1, 0.15) is 18.1 Å². The minimum absolute atomic E-state index is 0.0175. The lowest BCUT2D eigenvalue weighted by molar-refractivity contribution is -0.142. The molecule has 1 rings (SSSR count). The van der Waals surface area contributed by atoms with Gasteiger partial charge in [-0.3, -0.25) is 28.4 Å². The summed E-state index contributed by atoms with van der Waals surface area (Å²) in [4.78, 5) is 67.0. The molecule has 15 nitrogen and oxygen atoms in total. The quantitative estimate of drug-likeness (QED) is 0.0446. The van der Waals surface area contributed by atoms with E-state index in [0.29, 0.717) is 6.42 Å². The van der Waals surface area contributed by atoms with Gasteiger partial charge in [-0.25, -0.2) is 4.79 Å². The molecular weight excluding hydrogens is 592 g/mol. The van der Waals surface area contributed by atoms with Crippen LogP contribution in [0.15, 0.2) is 35.3 Å². The number of aliphatic imine (C=N–C) groups is 1. The summed E-state index contributed by atoms with van der Waals surface area (Å²) >= 11 is 0. The highest BCUT2D eigenvalue weighted by molar-refractivity contribution is 7.84. The van der Waals surface area contributed by atoms with E-state index < -0.39 is 71.1 Å². The number of hydrogen-bond donors (Lipinski definition) is 8. The molecule has 0 radical (unpaired) electrons. The number of carbonyl (C=O) groups excluding carboxylic acids is 4. The van der Waals surface area contributed by atoms with Crippen LogP contribution in [-0.2, 0) is 41.2 Å². The Morgan fingerprint density at radius 3 is 2.11 bits per heavy atom. The molecule has 0 bridgehead atoms. The third-order valence-corrected chi connectivity index (χ3v) is 7.12. The van der Waals surface area contributed by atoms with Crippen LogP contribution in [0.5, 0.6) is 0 Å². The van der Waals surface area contributed by atoms with Crippen LogP contribution in [0.2, 0.25) is 0 Å². The molecular formula is C28H46N8O7S. The Labute approximate surface area is 260 Å². The van der Waals surface area contributed by atoms with Gasteiger partial charge in [-0.05, 0) is 37.2 Å². The lowest BCUT2D eigenvalue weighted by Crippen LogP contribution is -2.55. The average molecular weight is 639 g/mol. The maximum absolute atomic E-state index is 13.1. The standard InChI is InChI=1S/C28H46N8O7S/c1-17(2)14-19(29)24(38)36-22(15-18-8-5-4-6-9-18)25(39)33-16-23(37)34-20(11-13-44(3)43)26(40)35-21(27(41)42)10-7-12-32-28(30)31/h4-6,8-9,17,19-22H,7,10-16,29H2,1-3H3,(H,33,39)(H,34,37)(H,35,40)(H,36,38)(H,41,42)(H4,30,31,32). The zero-order valence-corrected chi connectivity index (χ0v) is 26.2. The van der Waals surface area contributed by atoms with Gasteiger partial charge >= 0.3 is 5.97 Å². The number of carboxylic acids is 1. The highest BCUT2D eigenvalue weighted by Crippen LogP contribution is 2.07. The van der Waals surface area contributed by atoms with Gasteiger partial charge in [0, 0.05) is 35.8 Å². The predicted molar refractivity (Wildman–Crippen MR) is 167 cm³/mol. The van der Waals surface area contributed by atoms with Crippen LogP contribution >= 0.6 is 0 Å². The maximum Gasteiger partial charge on any atom is 0.326 e. The van der Waals surface area contributed by atoms with Gasteiger partial charge in [-0.2, -0.15) is 0 Å². The number of aliphatic carboxylic acids is 1. The number of rotatable bonds is 20. The molecule has 44 heavy (non-hydrogen) atoms. The van der Waals surface area contributed by atoms with Crippen LogP contribution in [-0.4, -0.2) is 94.1 Å². The molecule has 0 fully saturated rings. The van der Waals surface area contributed by atoms with Crippen LogP contribution in [0, 0.1) is 5.92 Å². The van der Waals surface area contributed by atoms with Crippen molar-refractivity contribution in [2.45, 2.75) is 70.1 Å². The molecule has 0 aliphatic heterocycles. The van der Waals surface area contributed by atoms with Crippen molar-refractivity contribution in [2.24, 2.45) is 28.1 Å². The summed E-state index contributed by atoms with van der Waals surface area (Å²) in [6.45, 7) is 3.45. The summed E-state index contributed by atoms with van der Waals surface area (Å²) < 4.78 is 11.7. The van der Waals surface area contributed by atoms with Gasteiger partial charge in [0.2, 0.25) is 23.6 Å². The fourth-order valence-corrected chi connectivity index (χ4v) is 4.64. The van der Waals surface area contributed by atoms with Crippen molar-refractivity contribution in [3.63, 3.8) is 0 Å². The molecule has 0 aliphatic carbocycles. The van der Waals surface area contributed by atoms with Crippen LogP contribution in [0.3, 0.4) is 0 Å². The Hall–Kier alpha value is -4.05. The van der Waals surface area contributed by atoms with Gasteiger partial charge in [0.15, 0.2) is 5.96 Å². The third-order valence-electron chi connectivity index (χ3n) is 6.31. The summed E-state index contributed by atoms with van der Waals surface area (Å²) in [5.41, 5.74) is 17.3. The molecule has 16 heteroatoms. The summed E-state index contributed by atoms with van der Waals surface area (Å²) in [5, 5.41) is 19.5. The van der Waals surface area contributed by atoms with Crippen LogP contribution < -0.4 is 38.5 Å². The van der Waals surface area contributed by atoms with Gasteiger partial charge in [0.25, 0.3) is 0 Å². The Morgan fingerprint density at radius 2 is 1.55 bits per heavy atom. The van der Waals surface area contributed by atoms with Gasteiger partial charge in [-0.1, -0.05) is 44.2 Å². The van der Waals surface area contributed by atoms with Crippen LogP contribution in [0.1, 0.15) is 45.1 Å². The molecule has 0 saturated heterocycles. The maximum atomic E-state index is 13.1. The lowest BCUT2D eigenvalue weighted by atomic mass is 10.0. The number of nitrogens with one attached hydrogen (secondary N) is 4. The third kappa shape index (κ3) is 16.0. The highest BCUT2D eigenvalue weighted by Gasteiger charge is 2.28. The normalized spacial score (nSPS) is 14.3. The molecule has 0 spiro atoms. The SMILES string of the molecule is CC(C)CC(N)C(=O)NC(Cc1ccccc1)C(=O)NCC(=O)NC(CCS(C)=O)C(=O)NC(CCCN=C(N)N)C(=O)O. The zero-order valence-electron chi connectivity index (χ0n) is 25.4. The number of benzene rings is 1. The van der Waals surface area contributed by atoms with E-state index >= 15 is 0 Å². The average Bonchev–Trinajstić information content (AvgIpc) is 2.94. The Kier molecular flexibility index (Phi) is 17.3. The molecule has 1 aromatic rings. The summed E-state index contributed by atoms with van der Waals surface area (Å²) in [7, 11) is -1.31.